The van der Waals surface area contributed by atoms with Gasteiger partial charge in [-0.05, 0) is 60.7 Å². The second-order valence-electron chi connectivity index (χ2n) is 8.09. The number of para-hydroxylation sites is 1. The Bertz CT molecular complexity index is 999. The van der Waals surface area contributed by atoms with Crippen molar-refractivity contribution in [2.45, 2.75) is 32.6 Å². The first kappa shape index (κ1) is 24.5. The highest BCUT2D eigenvalue weighted by Crippen LogP contribution is 2.22. The molecule has 0 radical (unpaired) electrons. The Morgan fingerprint density at radius 1 is 0.879 bits per heavy atom. The van der Waals surface area contributed by atoms with Crippen LogP contribution in [0.15, 0.2) is 72.8 Å². The number of nitrogens with one attached hydrogen (secondary N) is 1. The maximum Gasteiger partial charge on any atom is 0.337 e. The molecule has 0 spiro atoms. The zero-order valence-electron chi connectivity index (χ0n) is 19.4. The molecule has 3 aromatic carbocycles. The van der Waals surface area contributed by atoms with Gasteiger partial charge in [0.25, 0.3) is 0 Å². The molecule has 5 nitrogen and oxygen atoms in total. The number of carboxylic acid groups (broad SMARTS) is 1. The molecular weight excluding hydrogens is 414 g/mol. The summed E-state index contributed by atoms with van der Waals surface area (Å²) in [4.78, 5) is 11.4. The Kier molecular flexibility index (Phi) is 9.48. The molecule has 0 saturated heterocycles. The molecule has 3 rings (SSSR count). The molecule has 3 aromatic rings. The molecular formula is C28H33NO4. The van der Waals surface area contributed by atoms with Crippen LogP contribution in [0.3, 0.4) is 0 Å². The summed E-state index contributed by atoms with van der Waals surface area (Å²) in [6.07, 6.45) is 1.91. The minimum absolute atomic E-state index is 0.261. The van der Waals surface area contributed by atoms with E-state index in [-0.39, 0.29) is 5.56 Å². The lowest BCUT2D eigenvalue weighted by atomic mass is 9.98. The van der Waals surface area contributed by atoms with E-state index in [9.17, 15) is 9.90 Å². The maximum absolute atomic E-state index is 11.4. The molecule has 0 aliphatic carbocycles. The number of anilines is 2. The van der Waals surface area contributed by atoms with Crippen molar-refractivity contribution in [2.75, 3.05) is 31.7 Å². The van der Waals surface area contributed by atoms with Crippen LogP contribution in [0.5, 0.6) is 0 Å². The number of aryl methyl sites for hydroxylation is 2. The van der Waals surface area contributed by atoms with Gasteiger partial charge in [-0.1, -0.05) is 55.5 Å². The van der Waals surface area contributed by atoms with Crippen molar-refractivity contribution in [2.24, 2.45) is 0 Å². The minimum atomic E-state index is -0.941. The molecule has 0 aliphatic rings. The number of ether oxygens (including phenoxy) is 2. The van der Waals surface area contributed by atoms with Gasteiger partial charge in [-0.3, -0.25) is 0 Å². The molecule has 0 fully saturated rings. The van der Waals surface area contributed by atoms with E-state index in [0.29, 0.717) is 31.4 Å². The molecule has 0 heterocycles. The van der Waals surface area contributed by atoms with Gasteiger partial charge >= 0.3 is 5.97 Å². The maximum atomic E-state index is 11.4. The number of rotatable bonds is 13. The van der Waals surface area contributed by atoms with Gasteiger partial charge in [0.05, 0.1) is 31.1 Å². The Labute approximate surface area is 196 Å². The Morgan fingerprint density at radius 2 is 1.48 bits per heavy atom. The smallest absolute Gasteiger partial charge is 0.337 e. The van der Waals surface area contributed by atoms with Crippen LogP contribution in [0, 0.1) is 0 Å². The van der Waals surface area contributed by atoms with Crippen molar-refractivity contribution < 1.29 is 19.4 Å². The van der Waals surface area contributed by atoms with E-state index < -0.39 is 5.97 Å². The number of hydrogen-bond donors (Lipinski definition) is 2. The van der Waals surface area contributed by atoms with E-state index in [0.717, 1.165) is 25.1 Å². The molecule has 33 heavy (non-hydrogen) atoms. The van der Waals surface area contributed by atoms with Crippen LogP contribution >= 0.6 is 0 Å². The van der Waals surface area contributed by atoms with Gasteiger partial charge in [0, 0.05) is 18.2 Å². The first-order valence-electron chi connectivity index (χ1n) is 11.5. The van der Waals surface area contributed by atoms with Crippen LogP contribution in [0.2, 0.25) is 0 Å². The SMILES string of the molecule is CCOCCOCC(C)c1ccc(CCc2ccc(Nc3ccccc3C(=O)O)cc2)cc1. The van der Waals surface area contributed by atoms with Crippen molar-refractivity contribution in [1.29, 1.82) is 0 Å². The number of hydrogen-bond acceptors (Lipinski definition) is 4. The van der Waals surface area contributed by atoms with Crippen LogP contribution in [-0.4, -0.2) is 37.5 Å². The van der Waals surface area contributed by atoms with Crippen molar-refractivity contribution >= 4 is 17.3 Å². The van der Waals surface area contributed by atoms with Gasteiger partial charge < -0.3 is 19.9 Å². The van der Waals surface area contributed by atoms with E-state index in [2.05, 4.69) is 48.6 Å². The predicted octanol–water partition coefficient (Wildman–Crippen LogP) is 6.07. The van der Waals surface area contributed by atoms with Crippen molar-refractivity contribution in [3.8, 4) is 0 Å². The van der Waals surface area contributed by atoms with Crippen molar-refractivity contribution in [1.82, 2.24) is 0 Å². The van der Waals surface area contributed by atoms with E-state index >= 15 is 0 Å². The summed E-state index contributed by atoms with van der Waals surface area (Å²) in [5, 5.41) is 12.5. The third-order valence-electron chi connectivity index (χ3n) is 5.59. The van der Waals surface area contributed by atoms with E-state index in [1.807, 2.05) is 25.1 Å². The normalized spacial score (nSPS) is 11.8. The molecule has 174 valence electrons. The van der Waals surface area contributed by atoms with Gasteiger partial charge in [0.2, 0.25) is 0 Å². The molecule has 0 aromatic heterocycles. The Hall–Kier alpha value is -3.15. The summed E-state index contributed by atoms with van der Waals surface area (Å²) >= 11 is 0. The average Bonchev–Trinajstić information content (AvgIpc) is 2.84. The van der Waals surface area contributed by atoms with E-state index in [1.54, 1.807) is 18.2 Å². The van der Waals surface area contributed by atoms with Gasteiger partial charge in [0.15, 0.2) is 0 Å². The summed E-state index contributed by atoms with van der Waals surface area (Å²) in [6.45, 7) is 6.87. The van der Waals surface area contributed by atoms with Crippen LogP contribution < -0.4 is 5.32 Å². The highest BCUT2D eigenvalue weighted by Gasteiger charge is 2.09. The monoisotopic (exact) mass is 447 g/mol. The summed E-state index contributed by atoms with van der Waals surface area (Å²) in [5.41, 5.74) is 5.55. The molecule has 0 saturated carbocycles. The van der Waals surface area contributed by atoms with Crippen LogP contribution in [0.25, 0.3) is 0 Å². The second-order valence-corrected chi connectivity index (χ2v) is 8.09. The molecule has 0 aliphatic heterocycles. The Balaban J connectivity index is 1.48. The largest absolute Gasteiger partial charge is 0.478 e. The molecule has 1 unspecified atom stereocenters. The zero-order chi connectivity index (χ0) is 23.5. The van der Waals surface area contributed by atoms with Crippen LogP contribution in [-0.2, 0) is 22.3 Å². The zero-order valence-corrected chi connectivity index (χ0v) is 19.4. The lowest BCUT2D eigenvalue weighted by molar-refractivity contribution is 0.0483. The van der Waals surface area contributed by atoms with Crippen molar-refractivity contribution in [3.63, 3.8) is 0 Å². The number of benzene rings is 3. The topological polar surface area (TPSA) is 67.8 Å². The second kappa shape index (κ2) is 12.8. The number of carbonyl (C=O) groups is 1. The van der Waals surface area contributed by atoms with Gasteiger partial charge in [-0.2, -0.15) is 0 Å². The fraction of sp³-hybridized carbons (Fsp3) is 0.321. The lowest BCUT2D eigenvalue weighted by Crippen LogP contribution is -2.09. The molecule has 0 bridgehead atoms. The summed E-state index contributed by atoms with van der Waals surface area (Å²) in [6, 6.07) is 23.9. The first-order valence-corrected chi connectivity index (χ1v) is 11.5. The molecule has 1 atom stereocenters. The minimum Gasteiger partial charge on any atom is -0.478 e. The standard InChI is InChI=1S/C28H33NO4/c1-3-32-18-19-33-20-21(2)24-14-10-22(11-15-24)8-9-23-12-16-25(17-13-23)29-27-7-5-4-6-26(27)28(30)31/h4-7,10-17,21,29H,3,8-9,18-20H2,1-2H3,(H,30,31). The fourth-order valence-corrected chi connectivity index (χ4v) is 3.61. The average molecular weight is 448 g/mol. The first-order chi connectivity index (χ1) is 16.1. The number of aromatic carboxylic acids is 1. The van der Waals surface area contributed by atoms with Crippen LogP contribution in [0.4, 0.5) is 11.4 Å². The Morgan fingerprint density at radius 3 is 2.12 bits per heavy atom. The third kappa shape index (κ3) is 7.74. The van der Waals surface area contributed by atoms with Crippen molar-refractivity contribution in [3.05, 3.63) is 95.1 Å². The summed E-state index contributed by atoms with van der Waals surface area (Å²) in [5.74, 6) is -0.587. The molecule has 2 N–H and O–H groups in total. The fourth-order valence-electron chi connectivity index (χ4n) is 3.61. The van der Waals surface area contributed by atoms with Gasteiger partial charge in [-0.25, -0.2) is 4.79 Å². The summed E-state index contributed by atoms with van der Waals surface area (Å²) in [7, 11) is 0. The van der Waals surface area contributed by atoms with E-state index in [1.165, 1.54) is 16.7 Å². The third-order valence-corrected chi connectivity index (χ3v) is 5.59. The molecule has 0 amide bonds. The summed E-state index contributed by atoms with van der Waals surface area (Å²) < 4.78 is 11.0. The van der Waals surface area contributed by atoms with E-state index in [4.69, 9.17) is 9.47 Å². The van der Waals surface area contributed by atoms with Gasteiger partial charge in [-0.15, -0.1) is 0 Å². The predicted molar refractivity (Wildman–Crippen MR) is 133 cm³/mol. The highest BCUT2D eigenvalue weighted by molar-refractivity contribution is 5.95. The number of carboxylic acids is 1. The quantitative estimate of drug-likeness (QED) is 0.311. The molecule has 5 heteroatoms. The lowest BCUT2D eigenvalue weighted by Gasteiger charge is -2.13. The highest BCUT2D eigenvalue weighted by atomic mass is 16.5. The van der Waals surface area contributed by atoms with Gasteiger partial charge in [0.1, 0.15) is 0 Å². The van der Waals surface area contributed by atoms with Crippen LogP contribution in [0.1, 0.15) is 46.8 Å².